The van der Waals surface area contributed by atoms with Crippen LogP contribution in [0.1, 0.15) is 10.4 Å². The lowest BCUT2D eigenvalue weighted by atomic mass is 10.1. The Morgan fingerprint density at radius 2 is 2.00 bits per heavy atom. The monoisotopic (exact) mass is 234 g/mol. The van der Waals surface area contributed by atoms with Crippen molar-refractivity contribution in [1.29, 1.82) is 0 Å². The van der Waals surface area contributed by atoms with Crippen molar-refractivity contribution in [3.63, 3.8) is 0 Å². The molecule has 86 valence electrons. The first-order chi connectivity index (χ1) is 8.86. The second-order valence-electron chi connectivity index (χ2n) is 4.01. The molecule has 3 rings (SSSR count). The standard InChI is InChI=1S/C15H10N2O/c18-10-11-3-5-14-12(8-11)4-6-15(17-14)13-2-1-7-16-9-13/h1-10H. The van der Waals surface area contributed by atoms with Crippen molar-refractivity contribution in [3.8, 4) is 11.3 Å². The summed E-state index contributed by atoms with van der Waals surface area (Å²) in [5, 5.41) is 0.965. The van der Waals surface area contributed by atoms with E-state index in [2.05, 4.69) is 9.97 Å². The molecular formula is C15H10N2O. The molecule has 0 atom stereocenters. The minimum atomic E-state index is 0.665. The van der Waals surface area contributed by atoms with Crippen LogP contribution in [0.25, 0.3) is 22.2 Å². The average Bonchev–Trinajstić information content (AvgIpc) is 2.47. The lowest BCUT2D eigenvalue weighted by molar-refractivity contribution is 0.112. The molecule has 3 nitrogen and oxygen atoms in total. The summed E-state index contributed by atoms with van der Waals surface area (Å²) in [5.41, 5.74) is 3.41. The van der Waals surface area contributed by atoms with Crippen molar-refractivity contribution in [2.24, 2.45) is 0 Å². The average molecular weight is 234 g/mol. The molecule has 0 aliphatic heterocycles. The number of carbonyl (C=O) groups is 1. The first-order valence-corrected chi connectivity index (χ1v) is 5.63. The van der Waals surface area contributed by atoms with Gasteiger partial charge in [-0.25, -0.2) is 4.98 Å². The lowest BCUT2D eigenvalue weighted by Gasteiger charge is -2.03. The minimum absolute atomic E-state index is 0.665. The van der Waals surface area contributed by atoms with Crippen LogP contribution < -0.4 is 0 Å². The van der Waals surface area contributed by atoms with E-state index in [1.165, 1.54) is 0 Å². The van der Waals surface area contributed by atoms with Gasteiger partial charge in [0.25, 0.3) is 0 Å². The highest BCUT2D eigenvalue weighted by Crippen LogP contribution is 2.20. The fourth-order valence-electron chi connectivity index (χ4n) is 1.89. The van der Waals surface area contributed by atoms with Crippen LogP contribution in [0.3, 0.4) is 0 Å². The second-order valence-corrected chi connectivity index (χ2v) is 4.01. The zero-order valence-electron chi connectivity index (χ0n) is 9.58. The molecule has 1 aromatic carbocycles. The molecule has 0 N–H and O–H groups in total. The third-order valence-corrected chi connectivity index (χ3v) is 2.81. The molecule has 0 aliphatic rings. The quantitative estimate of drug-likeness (QED) is 0.640. The summed E-state index contributed by atoms with van der Waals surface area (Å²) in [6.07, 6.45) is 4.36. The van der Waals surface area contributed by atoms with E-state index >= 15 is 0 Å². The first-order valence-electron chi connectivity index (χ1n) is 5.63. The molecule has 0 unspecified atom stereocenters. The second kappa shape index (κ2) is 4.37. The van der Waals surface area contributed by atoms with Crippen molar-refractivity contribution in [3.05, 3.63) is 60.4 Å². The number of fused-ring (bicyclic) bond motifs is 1. The number of benzene rings is 1. The Kier molecular flexibility index (Phi) is 2.57. The summed E-state index contributed by atoms with van der Waals surface area (Å²) in [5.74, 6) is 0. The van der Waals surface area contributed by atoms with E-state index in [1.807, 2.05) is 36.4 Å². The molecule has 0 saturated heterocycles. The number of aromatic nitrogens is 2. The highest BCUT2D eigenvalue weighted by Gasteiger charge is 2.02. The van der Waals surface area contributed by atoms with E-state index in [9.17, 15) is 4.79 Å². The highest BCUT2D eigenvalue weighted by molar-refractivity contribution is 5.87. The largest absolute Gasteiger partial charge is 0.298 e. The third kappa shape index (κ3) is 1.86. The van der Waals surface area contributed by atoms with Gasteiger partial charge < -0.3 is 0 Å². The van der Waals surface area contributed by atoms with Gasteiger partial charge in [-0.05, 0) is 36.4 Å². The Balaban J connectivity index is 2.15. The summed E-state index contributed by atoms with van der Waals surface area (Å²) >= 11 is 0. The predicted molar refractivity (Wildman–Crippen MR) is 70.4 cm³/mol. The van der Waals surface area contributed by atoms with E-state index < -0.39 is 0 Å². The van der Waals surface area contributed by atoms with Gasteiger partial charge in [0.1, 0.15) is 6.29 Å². The van der Waals surface area contributed by atoms with Crippen LogP contribution in [0, 0.1) is 0 Å². The Hall–Kier alpha value is -2.55. The van der Waals surface area contributed by atoms with E-state index in [0.717, 1.165) is 28.4 Å². The predicted octanol–water partition coefficient (Wildman–Crippen LogP) is 3.11. The molecule has 0 radical (unpaired) electrons. The van der Waals surface area contributed by atoms with Gasteiger partial charge in [0.05, 0.1) is 11.2 Å². The van der Waals surface area contributed by atoms with E-state index in [-0.39, 0.29) is 0 Å². The van der Waals surface area contributed by atoms with E-state index in [1.54, 1.807) is 18.5 Å². The lowest BCUT2D eigenvalue weighted by Crippen LogP contribution is -1.87. The molecule has 2 aromatic heterocycles. The summed E-state index contributed by atoms with van der Waals surface area (Å²) in [4.78, 5) is 19.4. The maximum atomic E-state index is 10.7. The fraction of sp³-hybridized carbons (Fsp3) is 0. The normalized spacial score (nSPS) is 10.4. The molecule has 0 bridgehead atoms. The summed E-state index contributed by atoms with van der Waals surface area (Å²) < 4.78 is 0. The summed E-state index contributed by atoms with van der Waals surface area (Å²) in [6.45, 7) is 0. The molecule has 2 heterocycles. The van der Waals surface area contributed by atoms with Crippen LogP contribution in [0.15, 0.2) is 54.9 Å². The number of pyridine rings is 2. The van der Waals surface area contributed by atoms with Crippen LogP contribution in [-0.4, -0.2) is 16.3 Å². The van der Waals surface area contributed by atoms with Gasteiger partial charge in [-0.15, -0.1) is 0 Å². The maximum Gasteiger partial charge on any atom is 0.150 e. The number of rotatable bonds is 2. The smallest absolute Gasteiger partial charge is 0.150 e. The van der Waals surface area contributed by atoms with Crippen molar-refractivity contribution >= 4 is 17.2 Å². The Bertz CT molecular complexity index is 708. The number of hydrogen-bond donors (Lipinski definition) is 0. The molecule has 3 heteroatoms. The molecule has 3 aromatic rings. The number of carbonyl (C=O) groups excluding carboxylic acids is 1. The molecule has 0 amide bonds. The Morgan fingerprint density at radius 3 is 2.78 bits per heavy atom. The molecule has 0 spiro atoms. The van der Waals surface area contributed by atoms with E-state index in [0.29, 0.717) is 5.56 Å². The first kappa shape index (κ1) is 10.6. The van der Waals surface area contributed by atoms with Gasteiger partial charge >= 0.3 is 0 Å². The third-order valence-electron chi connectivity index (χ3n) is 2.81. The van der Waals surface area contributed by atoms with Crippen LogP contribution in [0.5, 0.6) is 0 Å². The van der Waals surface area contributed by atoms with Gasteiger partial charge in [-0.1, -0.05) is 6.07 Å². The molecule has 0 aliphatic carbocycles. The van der Waals surface area contributed by atoms with Crippen LogP contribution >= 0.6 is 0 Å². The number of nitrogens with zero attached hydrogens (tertiary/aromatic N) is 2. The van der Waals surface area contributed by atoms with Gasteiger partial charge in [0, 0.05) is 28.9 Å². The van der Waals surface area contributed by atoms with Gasteiger partial charge in [0.15, 0.2) is 0 Å². The topological polar surface area (TPSA) is 42.9 Å². The van der Waals surface area contributed by atoms with E-state index in [4.69, 9.17) is 0 Å². The zero-order valence-corrected chi connectivity index (χ0v) is 9.58. The molecule has 18 heavy (non-hydrogen) atoms. The minimum Gasteiger partial charge on any atom is -0.298 e. The molecule has 0 saturated carbocycles. The highest BCUT2D eigenvalue weighted by atomic mass is 16.1. The van der Waals surface area contributed by atoms with Gasteiger partial charge in [0.2, 0.25) is 0 Å². The van der Waals surface area contributed by atoms with Crippen LogP contribution in [0.4, 0.5) is 0 Å². The van der Waals surface area contributed by atoms with Crippen molar-refractivity contribution in [2.45, 2.75) is 0 Å². The SMILES string of the molecule is O=Cc1ccc2nc(-c3cccnc3)ccc2c1. The van der Waals surface area contributed by atoms with Crippen molar-refractivity contribution in [2.75, 3.05) is 0 Å². The van der Waals surface area contributed by atoms with Gasteiger partial charge in [-0.2, -0.15) is 0 Å². The Labute approximate surface area is 104 Å². The number of aldehydes is 1. The number of hydrogen-bond acceptors (Lipinski definition) is 3. The molecular weight excluding hydrogens is 224 g/mol. The summed E-state index contributed by atoms with van der Waals surface area (Å²) in [6, 6.07) is 13.2. The van der Waals surface area contributed by atoms with Gasteiger partial charge in [-0.3, -0.25) is 9.78 Å². The fourth-order valence-corrected chi connectivity index (χ4v) is 1.89. The molecule has 0 fully saturated rings. The van der Waals surface area contributed by atoms with Crippen LogP contribution in [0.2, 0.25) is 0 Å². The van der Waals surface area contributed by atoms with Crippen molar-refractivity contribution < 1.29 is 4.79 Å². The zero-order chi connectivity index (χ0) is 12.4. The van der Waals surface area contributed by atoms with Crippen LogP contribution in [-0.2, 0) is 0 Å². The maximum absolute atomic E-state index is 10.7. The Morgan fingerprint density at radius 1 is 1.06 bits per heavy atom. The summed E-state index contributed by atoms with van der Waals surface area (Å²) in [7, 11) is 0. The van der Waals surface area contributed by atoms with Crippen molar-refractivity contribution in [1.82, 2.24) is 9.97 Å².